The van der Waals surface area contributed by atoms with Crippen molar-refractivity contribution in [3.05, 3.63) is 48.2 Å². The smallest absolute Gasteiger partial charge is 0.434 e. The van der Waals surface area contributed by atoms with E-state index in [0.29, 0.717) is 21.8 Å². The van der Waals surface area contributed by atoms with Gasteiger partial charge < -0.3 is 5.11 Å². The van der Waals surface area contributed by atoms with E-state index in [9.17, 15) is 18.0 Å². The molecule has 0 aliphatic rings. The number of carboxylic acid groups (broad SMARTS) is 1. The number of hydrogen-bond donors (Lipinski definition) is 1. The van der Waals surface area contributed by atoms with Gasteiger partial charge in [-0.25, -0.2) is 14.3 Å². The van der Waals surface area contributed by atoms with Gasteiger partial charge in [0.1, 0.15) is 5.56 Å². The van der Waals surface area contributed by atoms with Crippen LogP contribution in [0.2, 0.25) is 0 Å². The zero-order valence-electron chi connectivity index (χ0n) is 10.7. The van der Waals surface area contributed by atoms with Gasteiger partial charge >= 0.3 is 12.1 Å². The highest BCUT2D eigenvalue weighted by atomic mass is 19.4. The Labute approximate surface area is 120 Å². The van der Waals surface area contributed by atoms with Crippen molar-refractivity contribution in [3.8, 4) is 11.1 Å². The molecular weight excluding hydrogens is 301 g/mol. The van der Waals surface area contributed by atoms with Gasteiger partial charge in [0.15, 0.2) is 11.3 Å². The zero-order valence-corrected chi connectivity index (χ0v) is 10.7. The van der Waals surface area contributed by atoms with Gasteiger partial charge in [-0.05, 0) is 17.7 Å². The maximum Gasteiger partial charge on any atom is 0.434 e. The minimum atomic E-state index is -4.88. The first-order valence-corrected chi connectivity index (χ1v) is 5.97. The average molecular weight is 308 g/mol. The molecule has 6 nitrogen and oxygen atoms in total. The summed E-state index contributed by atoms with van der Waals surface area (Å²) >= 11 is 0. The van der Waals surface area contributed by atoms with E-state index in [1.807, 2.05) is 0 Å². The summed E-state index contributed by atoms with van der Waals surface area (Å²) in [5, 5.41) is 12.6. The second-order valence-electron chi connectivity index (χ2n) is 4.35. The van der Waals surface area contributed by atoms with Gasteiger partial charge in [0.25, 0.3) is 0 Å². The van der Waals surface area contributed by atoms with Crippen molar-refractivity contribution in [1.82, 2.24) is 19.6 Å². The average Bonchev–Trinajstić information content (AvgIpc) is 2.89. The van der Waals surface area contributed by atoms with Crippen LogP contribution in [-0.4, -0.2) is 30.7 Å². The normalized spacial score (nSPS) is 11.8. The molecule has 0 aliphatic carbocycles. The molecule has 0 bridgehead atoms. The molecule has 3 aromatic rings. The molecule has 22 heavy (non-hydrogen) atoms. The van der Waals surface area contributed by atoms with Crippen LogP contribution in [0.15, 0.2) is 36.9 Å². The van der Waals surface area contributed by atoms with E-state index in [2.05, 4.69) is 15.1 Å². The SMILES string of the molecule is O=C(O)c1cnc2c(-c3ccncc3)cnn2c1C(F)(F)F. The minimum absolute atomic E-state index is 0.0801. The largest absolute Gasteiger partial charge is 0.478 e. The van der Waals surface area contributed by atoms with Crippen LogP contribution in [0.25, 0.3) is 16.8 Å². The molecule has 0 spiro atoms. The molecule has 0 saturated carbocycles. The van der Waals surface area contributed by atoms with Crippen molar-refractivity contribution in [2.75, 3.05) is 0 Å². The topological polar surface area (TPSA) is 80.4 Å². The lowest BCUT2D eigenvalue weighted by Crippen LogP contribution is -2.19. The molecule has 0 unspecified atom stereocenters. The highest BCUT2D eigenvalue weighted by molar-refractivity contribution is 5.89. The summed E-state index contributed by atoms with van der Waals surface area (Å²) in [7, 11) is 0. The molecule has 9 heteroatoms. The van der Waals surface area contributed by atoms with Gasteiger partial charge in [-0.3, -0.25) is 4.98 Å². The number of aromatic nitrogens is 4. The highest BCUT2D eigenvalue weighted by Gasteiger charge is 2.39. The third-order valence-corrected chi connectivity index (χ3v) is 3.02. The van der Waals surface area contributed by atoms with Crippen LogP contribution in [0.1, 0.15) is 16.1 Å². The molecular formula is C13H7F3N4O2. The molecule has 0 amide bonds. The summed E-state index contributed by atoms with van der Waals surface area (Å²) in [6, 6.07) is 3.19. The third-order valence-electron chi connectivity index (χ3n) is 3.02. The Hall–Kier alpha value is -2.97. The van der Waals surface area contributed by atoms with Gasteiger partial charge in [-0.2, -0.15) is 18.3 Å². The molecule has 0 atom stereocenters. The zero-order chi connectivity index (χ0) is 15.9. The van der Waals surface area contributed by atoms with Gasteiger partial charge in [-0.15, -0.1) is 0 Å². The van der Waals surface area contributed by atoms with Crippen molar-refractivity contribution in [2.24, 2.45) is 0 Å². The Morgan fingerprint density at radius 2 is 1.86 bits per heavy atom. The van der Waals surface area contributed by atoms with E-state index in [4.69, 9.17) is 5.11 Å². The number of aromatic carboxylic acids is 1. The van der Waals surface area contributed by atoms with E-state index < -0.39 is 23.4 Å². The Morgan fingerprint density at radius 1 is 1.18 bits per heavy atom. The fraction of sp³-hybridized carbons (Fsp3) is 0.0769. The standard InChI is InChI=1S/C13H7F3N4O2/c14-13(15,16)10-9(12(21)22)5-18-11-8(6-19-20(10)11)7-1-3-17-4-2-7/h1-6H,(H,21,22). The predicted molar refractivity (Wildman–Crippen MR) is 68.2 cm³/mol. The quantitative estimate of drug-likeness (QED) is 0.786. The van der Waals surface area contributed by atoms with Crippen LogP contribution < -0.4 is 0 Å². The van der Waals surface area contributed by atoms with E-state index in [0.717, 1.165) is 0 Å². The summed E-state index contributed by atoms with van der Waals surface area (Å²) in [5.41, 5.74) is -1.48. The van der Waals surface area contributed by atoms with Crippen LogP contribution in [0.4, 0.5) is 13.2 Å². The number of alkyl halides is 3. The van der Waals surface area contributed by atoms with Crippen LogP contribution in [0, 0.1) is 0 Å². The number of fused-ring (bicyclic) bond motifs is 1. The molecule has 0 aliphatic heterocycles. The lowest BCUT2D eigenvalue weighted by Gasteiger charge is -2.11. The van der Waals surface area contributed by atoms with Crippen molar-refractivity contribution in [3.63, 3.8) is 0 Å². The summed E-state index contributed by atoms with van der Waals surface area (Å²) in [6.45, 7) is 0. The summed E-state index contributed by atoms with van der Waals surface area (Å²) in [6.07, 6.45) is -0.0217. The highest BCUT2D eigenvalue weighted by Crippen LogP contribution is 2.34. The maximum absolute atomic E-state index is 13.2. The van der Waals surface area contributed by atoms with Crippen molar-refractivity contribution < 1.29 is 23.1 Å². The molecule has 0 fully saturated rings. The number of pyridine rings is 1. The molecule has 112 valence electrons. The first-order valence-electron chi connectivity index (χ1n) is 5.97. The van der Waals surface area contributed by atoms with Gasteiger partial charge in [0.2, 0.25) is 0 Å². The summed E-state index contributed by atoms with van der Waals surface area (Å²) in [5.74, 6) is -1.72. The number of nitrogens with zero attached hydrogens (tertiary/aromatic N) is 4. The van der Waals surface area contributed by atoms with Crippen molar-refractivity contribution >= 4 is 11.6 Å². The van der Waals surface area contributed by atoms with Crippen LogP contribution in [0.5, 0.6) is 0 Å². The number of halogens is 3. The lowest BCUT2D eigenvalue weighted by atomic mass is 10.1. The van der Waals surface area contributed by atoms with Crippen molar-refractivity contribution in [2.45, 2.75) is 6.18 Å². The molecule has 0 aromatic carbocycles. The molecule has 3 aromatic heterocycles. The molecule has 0 saturated heterocycles. The van der Waals surface area contributed by atoms with Crippen LogP contribution in [0.3, 0.4) is 0 Å². The van der Waals surface area contributed by atoms with Crippen LogP contribution in [-0.2, 0) is 6.18 Å². The van der Waals surface area contributed by atoms with Gasteiger partial charge in [0, 0.05) is 24.2 Å². The molecule has 1 N–H and O–H groups in total. The molecule has 3 heterocycles. The Balaban J connectivity index is 2.34. The first kappa shape index (κ1) is 14.0. The molecule has 3 rings (SSSR count). The predicted octanol–water partition coefficient (Wildman–Crippen LogP) is 2.51. The maximum atomic E-state index is 13.2. The first-order chi connectivity index (χ1) is 10.4. The van der Waals surface area contributed by atoms with E-state index >= 15 is 0 Å². The monoisotopic (exact) mass is 308 g/mol. The summed E-state index contributed by atoms with van der Waals surface area (Å²) in [4.78, 5) is 18.6. The Morgan fingerprint density at radius 3 is 2.45 bits per heavy atom. The number of hydrogen-bond acceptors (Lipinski definition) is 4. The number of carboxylic acids is 1. The number of carbonyl (C=O) groups is 1. The van der Waals surface area contributed by atoms with Crippen molar-refractivity contribution in [1.29, 1.82) is 0 Å². The fourth-order valence-corrected chi connectivity index (χ4v) is 2.10. The number of rotatable bonds is 2. The van der Waals surface area contributed by atoms with E-state index in [1.54, 1.807) is 12.1 Å². The second-order valence-corrected chi connectivity index (χ2v) is 4.35. The fourth-order valence-electron chi connectivity index (χ4n) is 2.10. The van der Waals surface area contributed by atoms with Gasteiger partial charge in [0.05, 0.1) is 6.20 Å². The van der Waals surface area contributed by atoms with Crippen LogP contribution >= 0.6 is 0 Å². The Bertz CT molecular complexity index is 859. The second kappa shape index (κ2) is 4.79. The minimum Gasteiger partial charge on any atom is -0.478 e. The Kier molecular flexibility index (Phi) is 3.05. The lowest BCUT2D eigenvalue weighted by molar-refractivity contribution is -0.143. The van der Waals surface area contributed by atoms with E-state index in [1.165, 1.54) is 18.6 Å². The van der Waals surface area contributed by atoms with E-state index in [-0.39, 0.29) is 5.65 Å². The third kappa shape index (κ3) is 2.16. The van der Waals surface area contributed by atoms with Gasteiger partial charge in [-0.1, -0.05) is 0 Å². The molecule has 0 radical (unpaired) electrons. The summed E-state index contributed by atoms with van der Waals surface area (Å²) < 4.78 is 40.1.